The minimum atomic E-state index is -1.34. The summed E-state index contributed by atoms with van der Waals surface area (Å²) < 4.78 is 10.3. The molecule has 27 heavy (non-hydrogen) atoms. The van der Waals surface area contributed by atoms with Gasteiger partial charge in [0, 0.05) is 5.69 Å². The maximum atomic E-state index is 12.4. The number of halogens is 1. The van der Waals surface area contributed by atoms with E-state index in [1.807, 2.05) is 0 Å². The molecule has 0 fully saturated rings. The van der Waals surface area contributed by atoms with Crippen LogP contribution in [-0.2, 0) is 14.3 Å². The summed E-state index contributed by atoms with van der Waals surface area (Å²) in [5, 5.41) is 11.5. The van der Waals surface area contributed by atoms with Gasteiger partial charge in [-0.1, -0.05) is 29.8 Å². The molecule has 0 amide bonds. The Labute approximate surface area is 159 Å². The lowest BCUT2D eigenvalue weighted by atomic mass is 10.1. The monoisotopic (exact) mass is 387 g/mol. The Bertz CT molecular complexity index is 951. The fourth-order valence-corrected chi connectivity index (χ4v) is 2.61. The Kier molecular flexibility index (Phi) is 5.14. The third kappa shape index (κ3) is 3.93. The number of carbonyl (C=O) groups excluding carboxylic acids is 2. The van der Waals surface area contributed by atoms with E-state index in [4.69, 9.17) is 26.2 Å². The highest BCUT2D eigenvalue weighted by atomic mass is 35.5. The van der Waals surface area contributed by atoms with E-state index in [1.54, 1.807) is 31.2 Å². The van der Waals surface area contributed by atoms with Crippen molar-refractivity contribution in [1.82, 2.24) is 0 Å². The molecule has 0 unspecified atom stereocenters. The van der Waals surface area contributed by atoms with Crippen molar-refractivity contribution in [3.05, 3.63) is 76.0 Å². The maximum Gasteiger partial charge on any atom is 0.355 e. The van der Waals surface area contributed by atoms with Crippen molar-refractivity contribution in [2.45, 2.75) is 13.2 Å². The van der Waals surface area contributed by atoms with Gasteiger partial charge in [-0.3, -0.25) is 0 Å². The number of hydrogen-bond acceptors (Lipinski definition) is 6. The van der Waals surface area contributed by atoms with Gasteiger partial charge in [0.15, 0.2) is 5.03 Å². The number of carbonyl (C=O) groups is 3. The number of carboxylic acids is 1. The Morgan fingerprint density at radius 3 is 2.44 bits per heavy atom. The number of esters is 2. The molecular weight excluding hydrogens is 374 g/mol. The second-order valence-electron chi connectivity index (χ2n) is 5.69. The van der Waals surface area contributed by atoms with Gasteiger partial charge >= 0.3 is 17.9 Å². The summed E-state index contributed by atoms with van der Waals surface area (Å²) in [6, 6.07) is 12.6. The number of aryl methyl sites for hydroxylation is 1. The molecular formula is C19H14ClNO6. The molecule has 0 aliphatic carbocycles. The number of cyclic esters (lactones) is 1. The number of hydrogen-bond donors (Lipinski definition) is 2. The molecule has 1 aliphatic rings. The molecule has 138 valence electrons. The van der Waals surface area contributed by atoms with Crippen LogP contribution in [0.25, 0.3) is 0 Å². The molecule has 2 aromatic rings. The Hall–Kier alpha value is -3.32. The molecule has 2 aromatic carbocycles. The van der Waals surface area contributed by atoms with Gasteiger partial charge in [-0.25, -0.2) is 14.4 Å². The van der Waals surface area contributed by atoms with Crippen LogP contribution in [0.1, 0.15) is 26.3 Å². The number of ether oxygens (including phenoxy) is 2. The smallest absolute Gasteiger partial charge is 0.355 e. The quantitative estimate of drug-likeness (QED) is 0.759. The van der Waals surface area contributed by atoms with E-state index in [1.165, 1.54) is 24.3 Å². The van der Waals surface area contributed by atoms with Crippen molar-refractivity contribution in [2.24, 2.45) is 0 Å². The lowest BCUT2D eigenvalue weighted by Gasteiger charge is -2.17. The van der Waals surface area contributed by atoms with Gasteiger partial charge in [0.1, 0.15) is 5.70 Å². The van der Waals surface area contributed by atoms with Crippen LogP contribution in [-0.4, -0.2) is 29.3 Å². The van der Waals surface area contributed by atoms with Crippen molar-refractivity contribution in [3.63, 3.8) is 0 Å². The van der Waals surface area contributed by atoms with Gasteiger partial charge in [-0.2, -0.15) is 0 Å². The van der Waals surface area contributed by atoms with E-state index in [-0.39, 0.29) is 16.3 Å². The Morgan fingerprint density at radius 1 is 1.15 bits per heavy atom. The summed E-state index contributed by atoms with van der Waals surface area (Å²) in [6.07, 6.45) is -1.34. The third-order valence-corrected chi connectivity index (χ3v) is 4.21. The van der Waals surface area contributed by atoms with E-state index in [0.29, 0.717) is 16.8 Å². The van der Waals surface area contributed by atoms with Crippen LogP contribution in [0.2, 0.25) is 0 Å². The number of carboxylic acid groups (broad SMARTS) is 1. The first kappa shape index (κ1) is 18.5. The van der Waals surface area contributed by atoms with Gasteiger partial charge in [-0.15, -0.1) is 0 Å². The van der Waals surface area contributed by atoms with Gasteiger partial charge in [0.05, 0.1) is 11.1 Å². The van der Waals surface area contributed by atoms with Gasteiger partial charge in [0.2, 0.25) is 0 Å². The largest absolute Gasteiger partial charge is 0.478 e. The summed E-state index contributed by atoms with van der Waals surface area (Å²) in [7, 11) is 0. The second-order valence-corrected chi connectivity index (χ2v) is 6.07. The average Bonchev–Trinajstić information content (AvgIpc) is 2.90. The van der Waals surface area contributed by atoms with Crippen molar-refractivity contribution in [2.75, 3.05) is 5.32 Å². The minimum absolute atomic E-state index is 0.0617. The normalized spacial score (nSPS) is 16.1. The number of aromatic carboxylic acids is 1. The topological polar surface area (TPSA) is 102 Å². The average molecular weight is 388 g/mol. The molecule has 1 aliphatic heterocycles. The van der Waals surface area contributed by atoms with Gasteiger partial charge < -0.3 is 19.9 Å². The number of nitrogens with one attached hydrogen (secondary N) is 1. The van der Waals surface area contributed by atoms with E-state index in [9.17, 15) is 14.4 Å². The molecule has 0 radical (unpaired) electrons. The molecule has 0 saturated heterocycles. The van der Waals surface area contributed by atoms with E-state index < -0.39 is 24.2 Å². The first-order valence-electron chi connectivity index (χ1n) is 7.84. The molecule has 8 heteroatoms. The summed E-state index contributed by atoms with van der Waals surface area (Å²) in [5.41, 5.74) is 1.65. The van der Waals surface area contributed by atoms with Crippen LogP contribution in [0, 0.1) is 6.92 Å². The zero-order valence-corrected chi connectivity index (χ0v) is 14.8. The fourth-order valence-electron chi connectivity index (χ4n) is 2.43. The summed E-state index contributed by atoms with van der Waals surface area (Å²) >= 11 is 5.97. The van der Waals surface area contributed by atoms with Crippen LogP contribution < -0.4 is 5.32 Å². The van der Waals surface area contributed by atoms with E-state index in [0.717, 1.165) is 0 Å². The maximum absolute atomic E-state index is 12.4. The zero-order valence-electron chi connectivity index (χ0n) is 14.1. The van der Waals surface area contributed by atoms with Crippen molar-refractivity contribution in [1.29, 1.82) is 0 Å². The number of anilines is 1. The standard InChI is InChI=1S/C19H14ClNO6/c1-10-4-2-3-5-13(10)17(24)26-19-15(14(20)18(25)27-19)21-12-8-6-11(7-9-12)16(22)23/h2-9,19,21H,1H3,(H,22,23)/t19-/m1/s1. The number of benzene rings is 2. The van der Waals surface area contributed by atoms with E-state index in [2.05, 4.69) is 5.32 Å². The second kappa shape index (κ2) is 7.51. The molecule has 0 aromatic heterocycles. The van der Waals surface area contributed by atoms with E-state index >= 15 is 0 Å². The molecule has 7 nitrogen and oxygen atoms in total. The first-order chi connectivity index (χ1) is 12.9. The third-order valence-electron chi connectivity index (χ3n) is 3.86. The van der Waals surface area contributed by atoms with Crippen molar-refractivity contribution >= 4 is 35.2 Å². The summed E-state index contributed by atoms with van der Waals surface area (Å²) in [4.78, 5) is 35.1. The lowest BCUT2D eigenvalue weighted by Crippen LogP contribution is -2.24. The van der Waals surface area contributed by atoms with Crippen molar-refractivity contribution in [3.8, 4) is 0 Å². The fraction of sp³-hybridized carbons (Fsp3) is 0.105. The van der Waals surface area contributed by atoms with Gasteiger partial charge in [0.25, 0.3) is 6.29 Å². The highest BCUT2D eigenvalue weighted by Gasteiger charge is 2.36. The highest BCUT2D eigenvalue weighted by molar-refractivity contribution is 6.42. The lowest BCUT2D eigenvalue weighted by molar-refractivity contribution is -0.152. The molecule has 0 spiro atoms. The minimum Gasteiger partial charge on any atom is -0.478 e. The molecule has 3 rings (SSSR count). The van der Waals surface area contributed by atoms with Crippen LogP contribution >= 0.6 is 11.6 Å². The van der Waals surface area contributed by atoms with Crippen molar-refractivity contribution < 1.29 is 29.0 Å². The predicted octanol–water partition coefficient (Wildman–Crippen LogP) is 3.30. The van der Waals surface area contributed by atoms with Crippen LogP contribution in [0.4, 0.5) is 5.69 Å². The molecule has 0 saturated carbocycles. The summed E-state index contributed by atoms with van der Waals surface area (Å²) in [6.45, 7) is 1.75. The zero-order chi connectivity index (χ0) is 19.6. The molecule has 2 N–H and O–H groups in total. The Balaban J connectivity index is 1.79. The molecule has 0 bridgehead atoms. The van der Waals surface area contributed by atoms with Gasteiger partial charge in [-0.05, 0) is 42.8 Å². The first-order valence-corrected chi connectivity index (χ1v) is 8.22. The van der Waals surface area contributed by atoms with Crippen LogP contribution in [0.15, 0.2) is 59.3 Å². The predicted molar refractivity (Wildman–Crippen MR) is 96.4 cm³/mol. The summed E-state index contributed by atoms with van der Waals surface area (Å²) in [5.74, 6) is -2.56. The molecule has 1 heterocycles. The molecule has 1 atom stereocenters. The van der Waals surface area contributed by atoms with Crippen LogP contribution in [0.5, 0.6) is 0 Å². The highest BCUT2D eigenvalue weighted by Crippen LogP contribution is 2.29. The SMILES string of the molecule is Cc1ccccc1C(=O)O[C@@H]1OC(=O)C(Cl)=C1Nc1ccc(C(=O)O)cc1. The number of rotatable bonds is 5. The Morgan fingerprint density at radius 2 is 1.81 bits per heavy atom. The van der Waals surface area contributed by atoms with Crippen LogP contribution in [0.3, 0.4) is 0 Å².